The molecule has 0 heterocycles. The summed E-state index contributed by atoms with van der Waals surface area (Å²) in [5.74, 6) is -0.419. The van der Waals surface area contributed by atoms with E-state index in [1.54, 1.807) is 25.3 Å². The predicted molar refractivity (Wildman–Crippen MR) is 99.8 cm³/mol. The lowest BCUT2D eigenvalue weighted by Gasteiger charge is -2.07. The van der Waals surface area contributed by atoms with Gasteiger partial charge in [0.25, 0.3) is 0 Å². The summed E-state index contributed by atoms with van der Waals surface area (Å²) in [7, 11) is 2.96. The van der Waals surface area contributed by atoms with Crippen LogP contribution in [0.25, 0.3) is 6.08 Å². The Balaban J connectivity index is 1.75. The molecular weight excluding hydrogens is 351 g/mol. The van der Waals surface area contributed by atoms with Crippen LogP contribution in [0.3, 0.4) is 0 Å². The van der Waals surface area contributed by atoms with E-state index >= 15 is 0 Å². The lowest BCUT2D eigenvalue weighted by atomic mass is 10.2. The van der Waals surface area contributed by atoms with E-state index in [9.17, 15) is 14.0 Å². The summed E-state index contributed by atoms with van der Waals surface area (Å²) in [6, 6.07) is 11.6. The fourth-order valence-corrected chi connectivity index (χ4v) is 2.19. The van der Waals surface area contributed by atoms with E-state index in [0.29, 0.717) is 12.1 Å². The van der Waals surface area contributed by atoms with Crippen molar-refractivity contribution in [3.05, 3.63) is 65.5 Å². The molecule has 2 amide bonds. The van der Waals surface area contributed by atoms with E-state index < -0.39 is 11.7 Å². The zero-order valence-electron chi connectivity index (χ0n) is 15.1. The summed E-state index contributed by atoms with van der Waals surface area (Å²) in [5.41, 5.74) is 1.42. The minimum absolute atomic E-state index is 0.130. The van der Waals surface area contributed by atoms with Crippen molar-refractivity contribution in [2.24, 2.45) is 0 Å². The highest BCUT2D eigenvalue weighted by Crippen LogP contribution is 2.18. The summed E-state index contributed by atoms with van der Waals surface area (Å²) >= 11 is 0. The Bertz CT molecular complexity index is 819. The molecule has 2 rings (SSSR count). The van der Waals surface area contributed by atoms with Gasteiger partial charge in [0.05, 0.1) is 20.8 Å². The molecule has 2 aromatic carbocycles. The Morgan fingerprint density at radius 1 is 1.04 bits per heavy atom. The molecule has 0 fully saturated rings. The van der Waals surface area contributed by atoms with Gasteiger partial charge in [0, 0.05) is 12.6 Å². The first-order valence-electron chi connectivity index (χ1n) is 8.21. The summed E-state index contributed by atoms with van der Waals surface area (Å²) in [5, 5.41) is 5.17. The third-order valence-corrected chi connectivity index (χ3v) is 3.67. The van der Waals surface area contributed by atoms with Crippen LogP contribution in [0, 0.1) is 5.82 Å². The van der Waals surface area contributed by atoms with Crippen LogP contribution in [0.1, 0.15) is 11.1 Å². The van der Waals surface area contributed by atoms with Crippen molar-refractivity contribution in [3.8, 4) is 11.5 Å². The van der Waals surface area contributed by atoms with Crippen LogP contribution in [0.15, 0.2) is 48.5 Å². The number of carbonyl (C=O) groups excluding carboxylic acids is 2. The molecule has 0 atom stereocenters. The Morgan fingerprint density at radius 2 is 1.78 bits per heavy atom. The van der Waals surface area contributed by atoms with Crippen LogP contribution >= 0.6 is 0 Å². The summed E-state index contributed by atoms with van der Waals surface area (Å²) in [4.78, 5) is 23.6. The Kier molecular flexibility index (Phi) is 7.37. The monoisotopic (exact) mass is 372 g/mol. The van der Waals surface area contributed by atoms with Crippen molar-refractivity contribution < 1.29 is 23.5 Å². The molecule has 0 aromatic heterocycles. The molecule has 0 bridgehead atoms. The highest BCUT2D eigenvalue weighted by molar-refractivity contribution is 5.94. The van der Waals surface area contributed by atoms with E-state index in [4.69, 9.17) is 9.47 Å². The van der Waals surface area contributed by atoms with Crippen molar-refractivity contribution in [2.45, 2.75) is 6.54 Å². The van der Waals surface area contributed by atoms with E-state index in [1.165, 1.54) is 31.4 Å². The summed E-state index contributed by atoms with van der Waals surface area (Å²) in [6.07, 6.45) is 2.69. The van der Waals surface area contributed by atoms with Gasteiger partial charge in [-0.1, -0.05) is 18.2 Å². The molecule has 0 aliphatic heterocycles. The number of halogens is 1. The van der Waals surface area contributed by atoms with Gasteiger partial charge in [-0.3, -0.25) is 9.59 Å². The fraction of sp³-hybridized carbons (Fsp3) is 0.200. The number of rotatable bonds is 8. The smallest absolute Gasteiger partial charge is 0.244 e. The normalized spacial score (nSPS) is 10.5. The lowest BCUT2D eigenvalue weighted by Crippen LogP contribution is -2.35. The zero-order chi connectivity index (χ0) is 19.6. The standard InChI is InChI=1S/C20H21FN2O4/c1-26-16-7-3-15(4-8-16)12-22-20(25)13-23-19(24)10-6-14-5-9-18(27-2)17(21)11-14/h3-11H,12-13H2,1-2H3,(H,22,25)(H,23,24). The first-order valence-corrected chi connectivity index (χ1v) is 8.21. The summed E-state index contributed by atoms with van der Waals surface area (Å²) in [6.45, 7) is 0.190. The van der Waals surface area contributed by atoms with Crippen LogP contribution in [0.2, 0.25) is 0 Å². The third kappa shape index (κ3) is 6.47. The number of carbonyl (C=O) groups is 2. The van der Waals surface area contributed by atoms with Crippen LogP contribution in [-0.2, 0) is 16.1 Å². The average Bonchev–Trinajstić information content (AvgIpc) is 2.69. The minimum atomic E-state index is -0.516. The Labute approximate surface area is 157 Å². The SMILES string of the molecule is COc1ccc(CNC(=O)CNC(=O)C=Cc2ccc(OC)c(F)c2)cc1. The first-order chi connectivity index (χ1) is 13.0. The predicted octanol–water partition coefficient (Wildman–Crippen LogP) is 2.29. The molecule has 142 valence electrons. The van der Waals surface area contributed by atoms with Gasteiger partial charge in [-0.05, 0) is 41.5 Å². The highest BCUT2D eigenvalue weighted by Gasteiger charge is 2.05. The van der Waals surface area contributed by atoms with Gasteiger partial charge in [-0.15, -0.1) is 0 Å². The van der Waals surface area contributed by atoms with E-state index in [2.05, 4.69) is 10.6 Å². The lowest BCUT2D eigenvalue weighted by molar-refractivity contribution is -0.124. The number of benzene rings is 2. The van der Waals surface area contributed by atoms with Crippen LogP contribution in [0.5, 0.6) is 11.5 Å². The van der Waals surface area contributed by atoms with Crippen molar-refractivity contribution in [3.63, 3.8) is 0 Å². The first kappa shape index (κ1) is 20.0. The molecule has 0 saturated heterocycles. The van der Waals surface area contributed by atoms with Crippen molar-refractivity contribution in [2.75, 3.05) is 20.8 Å². The largest absolute Gasteiger partial charge is 0.497 e. The number of nitrogens with one attached hydrogen (secondary N) is 2. The van der Waals surface area contributed by atoms with E-state index in [0.717, 1.165) is 11.3 Å². The van der Waals surface area contributed by atoms with Gasteiger partial charge in [-0.2, -0.15) is 0 Å². The maximum atomic E-state index is 13.6. The molecule has 0 aliphatic carbocycles. The van der Waals surface area contributed by atoms with E-state index in [1.807, 2.05) is 12.1 Å². The number of hydrogen-bond acceptors (Lipinski definition) is 4. The van der Waals surface area contributed by atoms with Gasteiger partial charge in [0.15, 0.2) is 11.6 Å². The van der Waals surface area contributed by atoms with Crippen molar-refractivity contribution in [1.29, 1.82) is 0 Å². The topological polar surface area (TPSA) is 76.7 Å². The van der Waals surface area contributed by atoms with E-state index in [-0.39, 0.29) is 18.2 Å². The summed E-state index contributed by atoms with van der Waals surface area (Å²) < 4.78 is 23.5. The third-order valence-electron chi connectivity index (χ3n) is 3.67. The number of ether oxygens (including phenoxy) is 2. The maximum absolute atomic E-state index is 13.6. The van der Waals surface area contributed by atoms with Crippen molar-refractivity contribution >= 4 is 17.9 Å². The van der Waals surface area contributed by atoms with Gasteiger partial charge in [-0.25, -0.2) is 4.39 Å². The van der Waals surface area contributed by atoms with Crippen molar-refractivity contribution in [1.82, 2.24) is 10.6 Å². The molecule has 2 aromatic rings. The molecule has 0 radical (unpaired) electrons. The second kappa shape index (κ2) is 9.96. The maximum Gasteiger partial charge on any atom is 0.244 e. The minimum Gasteiger partial charge on any atom is -0.497 e. The molecule has 27 heavy (non-hydrogen) atoms. The second-order valence-corrected chi connectivity index (χ2v) is 5.57. The Hall–Kier alpha value is -3.35. The zero-order valence-corrected chi connectivity index (χ0v) is 15.1. The molecule has 6 nitrogen and oxygen atoms in total. The van der Waals surface area contributed by atoms with Gasteiger partial charge in [0.1, 0.15) is 5.75 Å². The molecule has 7 heteroatoms. The van der Waals surface area contributed by atoms with Crippen LogP contribution < -0.4 is 20.1 Å². The molecule has 0 aliphatic rings. The second-order valence-electron chi connectivity index (χ2n) is 5.57. The quantitative estimate of drug-likeness (QED) is 0.697. The fourth-order valence-electron chi connectivity index (χ4n) is 2.19. The van der Waals surface area contributed by atoms with Gasteiger partial charge < -0.3 is 20.1 Å². The number of hydrogen-bond donors (Lipinski definition) is 2. The van der Waals surface area contributed by atoms with Gasteiger partial charge >= 0.3 is 0 Å². The Morgan fingerprint density at radius 3 is 2.41 bits per heavy atom. The molecule has 0 unspecified atom stereocenters. The highest BCUT2D eigenvalue weighted by atomic mass is 19.1. The molecular formula is C20H21FN2O4. The van der Waals surface area contributed by atoms with Crippen LogP contribution in [0.4, 0.5) is 4.39 Å². The van der Waals surface area contributed by atoms with Crippen LogP contribution in [-0.4, -0.2) is 32.6 Å². The molecule has 0 saturated carbocycles. The number of methoxy groups -OCH3 is 2. The molecule has 2 N–H and O–H groups in total. The molecule has 0 spiro atoms. The number of amides is 2. The average molecular weight is 372 g/mol. The van der Waals surface area contributed by atoms with Gasteiger partial charge in [0.2, 0.25) is 11.8 Å².